The number of halogens is 1. The number of aromatic nitrogens is 2. The monoisotopic (exact) mass is 472 g/mol. The average molecular weight is 473 g/mol. The summed E-state index contributed by atoms with van der Waals surface area (Å²) in [5, 5.41) is 6.97. The molecule has 1 aromatic heterocycles. The van der Waals surface area contributed by atoms with Crippen LogP contribution in [0.15, 0.2) is 78.9 Å². The van der Waals surface area contributed by atoms with Crippen molar-refractivity contribution < 1.29 is 4.79 Å². The van der Waals surface area contributed by atoms with E-state index in [0.29, 0.717) is 29.2 Å². The van der Waals surface area contributed by atoms with Crippen molar-refractivity contribution >= 4 is 40.6 Å². The quantitative estimate of drug-likeness (QED) is 0.282. The molecule has 172 valence electrons. The van der Waals surface area contributed by atoms with Gasteiger partial charge < -0.3 is 22.1 Å². The lowest BCUT2D eigenvalue weighted by atomic mass is 10.0. The van der Waals surface area contributed by atoms with Gasteiger partial charge >= 0.3 is 0 Å². The SMILES string of the molecule is Nc1nc(N)c(-c2ccc(NCc3ccc(Cl)cc3)cc2)c(CCC(=O)Nc2ccccc2)n1. The van der Waals surface area contributed by atoms with Crippen molar-refractivity contribution in [2.45, 2.75) is 19.4 Å². The summed E-state index contributed by atoms with van der Waals surface area (Å²) in [6.07, 6.45) is 0.611. The van der Waals surface area contributed by atoms with Crippen LogP contribution in [0.25, 0.3) is 11.1 Å². The van der Waals surface area contributed by atoms with E-state index in [1.54, 1.807) is 0 Å². The molecule has 8 heteroatoms. The minimum Gasteiger partial charge on any atom is -0.383 e. The van der Waals surface area contributed by atoms with Crippen LogP contribution in [0.5, 0.6) is 0 Å². The molecule has 0 saturated carbocycles. The molecule has 0 bridgehead atoms. The normalized spacial score (nSPS) is 10.6. The highest BCUT2D eigenvalue weighted by Crippen LogP contribution is 2.30. The second-order valence-corrected chi connectivity index (χ2v) is 8.20. The van der Waals surface area contributed by atoms with Crippen LogP contribution in [0.1, 0.15) is 17.7 Å². The Labute approximate surface area is 203 Å². The van der Waals surface area contributed by atoms with Crippen LogP contribution in [0.3, 0.4) is 0 Å². The number of anilines is 4. The summed E-state index contributed by atoms with van der Waals surface area (Å²) in [6.45, 7) is 0.672. The predicted octanol–water partition coefficient (Wildman–Crippen LogP) is 5.14. The Bertz CT molecular complexity index is 1260. The van der Waals surface area contributed by atoms with Crippen LogP contribution in [0.4, 0.5) is 23.1 Å². The number of nitrogens with one attached hydrogen (secondary N) is 2. The lowest BCUT2D eigenvalue weighted by Crippen LogP contribution is -2.14. The van der Waals surface area contributed by atoms with Crippen molar-refractivity contribution in [1.82, 2.24) is 9.97 Å². The van der Waals surface area contributed by atoms with Crippen molar-refractivity contribution in [2.24, 2.45) is 0 Å². The summed E-state index contributed by atoms with van der Waals surface area (Å²) in [5.41, 5.74) is 17.1. The Morgan fingerprint density at radius 1 is 0.853 bits per heavy atom. The molecule has 4 aromatic rings. The van der Waals surface area contributed by atoms with Gasteiger partial charge in [-0.25, -0.2) is 4.98 Å². The van der Waals surface area contributed by atoms with Gasteiger partial charge in [-0.1, -0.05) is 54.1 Å². The van der Waals surface area contributed by atoms with Gasteiger partial charge in [0.05, 0.1) is 5.69 Å². The topological polar surface area (TPSA) is 119 Å². The summed E-state index contributed by atoms with van der Waals surface area (Å²) < 4.78 is 0. The lowest BCUT2D eigenvalue weighted by Gasteiger charge is -2.13. The largest absolute Gasteiger partial charge is 0.383 e. The third-order valence-electron chi connectivity index (χ3n) is 5.26. The van der Waals surface area contributed by atoms with Crippen LogP contribution >= 0.6 is 11.6 Å². The van der Waals surface area contributed by atoms with Gasteiger partial charge in [0.15, 0.2) is 0 Å². The number of rotatable bonds is 8. The highest BCUT2D eigenvalue weighted by molar-refractivity contribution is 6.30. The van der Waals surface area contributed by atoms with Gasteiger partial charge in [-0.05, 0) is 53.9 Å². The van der Waals surface area contributed by atoms with E-state index >= 15 is 0 Å². The maximum atomic E-state index is 12.4. The Morgan fingerprint density at radius 2 is 1.56 bits per heavy atom. The molecular weight excluding hydrogens is 448 g/mol. The van der Waals surface area contributed by atoms with E-state index in [1.165, 1.54) is 0 Å². The van der Waals surface area contributed by atoms with E-state index in [2.05, 4.69) is 20.6 Å². The Kier molecular flexibility index (Phi) is 7.25. The highest BCUT2D eigenvalue weighted by atomic mass is 35.5. The van der Waals surface area contributed by atoms with Gasteiger partial charge in [-0.3, -0.25) is 4.79 Å². The molecule has 0 atom stereocenters. The standard InChI is InChI=1S/C26H25ClN6O/c27-19-10-6-17(7-11-19)16-30-20-12-8-18(9-13-20)24-22(32-26(29)33-25(24)28)14-15-23(34)31-21-4-2-1-3-5-21/h1-13,30H,14-16H2,(H,31,34)(H4,28,29,32,33). The van der Waals surface area contributed by atoms with Gasteiger partial charge in [-0.15, -0.1) is 0 Å². The number of hydrogen-bond acceptors (Lipinski definition) is 6. The lowest BCUT2D eigenvalue weighted by molar-refractivity contribution is -0.116. The summed E-state index contributed by atoms with van der Waals surface area (Å²) >= 11 is 5.94. The molecule has 4 rings (SSSR count). The summed E-state index contributed by atoms with van der Waals surface area (Å²) in [7, 11) is 0. The Balaban J connectivity index is 1.46. The molecule has 0 radical (unpaired) electrons. The molecular formula is C26H25ClN6O. The zero-order chi connectivity index (χ0) is 23.9. The molecule has 0 unspecified atom stereocenters. The first kappa shape index (κ1) is 23.1. The van der Waals surface area contributed by atoms with Crippen molar-refractivity contribution in [1.29, 1.82) is 0 Å². The van der Waals surface area contributed by atoms with Crippen LogP contribution in [-0.4, -0.2) is 15.9 Å². The first-order valence-corrected chi connectivity index (χ1v) is 11.2. The number of benzene rings is 3. The van der Waals surface area contributed by atoms with Gasteiger partial charge in [0.1, 0.15) is 5.82 Å². The first-order chi connectivity index (χ1) is 16.5. The van der Waals surface area contributed by atoms with Gasteiger partial charge in [0, 0.05) is 34.9 Å². The third kappa shape index (κ3) is 6.02. The number of nitrogens with two attached hydrogens (primary N) is 2. The number of carbonyl (C=O) groups is 1. The molecule has 1 amide bonds. The third-order valence-corrected chi connectivity index (χ3v) is 5.51. The van der Waals surface area contributed by atoms with Crippen LogP contribution in [0.2, 0.25) is 5.02 Å². The van der Waals surface area contributed by atoms with Crippen LogP contribution < -0.4 is 22.1 Å². The second kappa shape index (κ2) is 10.7. The number of nitrogens with zero attached hydrogens (tertiary/aromatic N) is 2. The van der Waals surface area contributed by atoms with E-state index in [9.17, 15) is 4.79 Å². The predicted molar refractivity (Wildman–Crippen MR) is 138 cm³/mol. The zero-order valence-electron chi connectivity index (χ0n) is 18.5. The van der Waals surface area contributed by atoms with Crippen molar-refractivity contribution in [3.8, 4) is 11.1 Å². The second-order valence-electron chi connectivity index (χ2n) is 7.76. The smallest absolute Gasteiger partial charge is 0.224 e. The van der Waals surface area contributed by atoms with Crippen LogP contribution in [0, 0.1) is 0 Å². The molecule has 0 saturated heterocycles. The Morgan fingerprint density at radius 3 is 2.26 bits per heavy atom. The fourth-order valence-electron chi connectivity index (χ4n) is 3.58. The summed E-state index contributed by atoms with van der Waals surface area (Å²) in [6, 6.07) is 24.8. The maximum absolute atomic E-state index is 12.4. The molecule has 7 nitrogen and oxygen atoms in total. The maximum Gasteiger partial charge on any atom is 0.224 e. The minimum absolute atomic E-state index is 0.0842. The average Bonchev–Trinajstić information content (AvgIpc) is 2.83. The fourth-order valence-corrected chi connectivity index (χ4v) is 3.71. The fraction of sp³-hybridized carbons (Fsp3) is 0.115. The summed E-state index contributed by atoms with van der Waals surface area (Å²) in [5.74, 6) is 0.253. The molecule has 0 aliphatic rings. The van der Waals surface area contributed by atoms with Crippen molar-refractivity contribution in [2.75, 3.05) is 22.1 Å². The number of hydrogen-bond donors (Lipinski definition) is 4. The van der Waals surface area contributed by atoms with Gasteiger partial charge in [0.25, 0.3) is 0 Å². The van der Waals surface area contributed by atoms with E-state index < -0.39 is 0 Å². The molecule has 34 heavy (non-hydrogen) atoms. The number of carbonyl (C=O) groups excluding carboxylic acids is 1. The van der Waals surface area contributed by atoms with Crippen molar-refractivity contribution in [3.63, 3.8) is 0 Å². The molecule has 0 aliphatic heterocycles. The highest BCUT2D eigenvalue weighted by Gasteiger charge is 2.15. The summed E-state index contributed by atoms with van der Waals surface area (Å²) in [4.78, 5) is 20.9. The zero-order valence-corrected chi connectivity index (χ0v) is 19.2. The molecule has 1 heterocycles. The van der Waals surface area contributed by atoms with Gasteiger partial charge in [-0.2, -0.15) is 4.98 Å². The van der Waals surface area contributed by atoms with Crippen molar-refractivity contribution in [3.05, 3.63) is 95.1 Å². The number of aryl methyl sites for hydroxylation is 1. The number of amides is 1. The van der Waals surface area contributed by atoms with E-state index in [1.807, 2.05) is 78.9 Å². The molecule has 0 spiro atoms. The minimum atomic E-state index is -0.116. The number of para-hydroxylation sites is 1. The first-order valence-electron chi connectivity index (χ1n) is 10.8. The molecule has 0 fully saturated rings. The van der Waals surface area contributed by atoms with E-state index in [0.717, 1.165) is 22.5 Å². The van der Waals surface area contributed by atoms with Crippen LogP contribution in [-0.2, 0) is 17.8 Å². The Hall–Kier alpha value is -4.10. The molecule has 3 aromatic carbocycles. The van der Waals surface area contributed by atoms with Gasteiger partial charge in [0.2, 0.25) is 11.9 Å². The molecule has 0 aliphatic carbocycles. The van der Waals surface area contributed by atoms with E-state index in [4.69, 9.17) is 23.1 Å². The number of nitrogen functional groups attached to an aromatic ring is 2. The van der Waals surface area contributed by atoms with E-state index in [-0.39, 0.29) is 24.1 Å². The molecule has 6 N–H and O–H groups in total.